The Balaban J connectivity index is 1.72. The number of carboxylic acid groups (broad SMARTS) is 1. The number of halogens is 1. The number of aromatic amines is 1. The van der Waals surface area contributed by atoms with E-state index in [2.05, 4.69) is 14.8 Å². The number of hydrogen-bond donors (Lipinski definition) is 2. The van der Waals surface area contributed by atoms with Crippen LogP contribution in [0.25, 0.3) is 38.6 Å². The van der Waals surface area contributed by atoms with E-state index in [1.54, 1.807) is 24.3 Å². The van der Waals surface area contributed by atoms with Crippen LogP contribution in [0.5, 0.6) is 0 Å². The highest BCUT2D eigenvalue weighted by atomic mass is 19.1. The summed E-state index contributed by atoms with van der Waals surface area (Å²) in [5.74, 6) is -1.10. The number of aromatic nitrogens is 3. The average molecular weight is 456 g/mol. The molecule has 34 heavy (non-hydrogen) atoms. The fourth-order valence-corrected chi connectivity index (χ4v) is 5.00. The van der Waals surface area contributed by atoms with Gasteiger partial charge in [0.2, 0.25) is 0 Å². The molecule has 0 atom stereocenters. The fourth-order valence-electron chi connectivity index (χ4n) is 5.00. The molecule has 0 saturated carbocycles. The molecule has 170 valence electrons. The van der Waals surface area contributed by atoms with Crippen LogP contribution >= 0.6 is 0 Å². The number of nitrogens with zero attached hydrogens (tertiary/aromatic N) is 2. The Hall–Kier alpha value is -3.97. The van der Waals surface area contributed by atoms with E-state index in [1.165, 1.54) is 12.1 Å². The predicted octanol–water partition coefficient (Wildman–Crippen LogP) is 5.91. The van der Waals surface area contributed by atoms with E-state index in [9.17, 15) is 14.3 Å². The van der Waals surface area contributed by atoms with Crippen molar-refractivity contribution >= 4 is 27.8 Å². The van der Waals surface area contributed by atoms with Crippen molar-refractivity contribution in [2.45, 2.75) is 18.8 Å². The average Bonchev–Trinajstić information content (AvgIpc) is 3.41. The van der Waals surface area contributed by atoms with Crippen molar-refractivity contribution in [3.8, 4) is 16.8 Å². The molecule has 7 heteroatoms. The van der Waals surface area contributed by atoms with Crippen molar-refractivity contribution in [2.24, 2.45) is 0 Å². The van der Waals surface area contributed by atoms with Gasteiger partial charge in [-0.05, 0) is 66.9 Å². The molecule has 0 radical (unpaired) electrons. The summed E-state index contributed by atoms with van der Waals surface area (Å²) in [5.41, 5.74) is 5.64. The number of aromatic carboxylic acids is 1. The predicted molar refractivity (Wildman–Crippen MR) is 128 cm³/mol. The second kappa shape index (κ2) is 8.11. The van der Waals surface area contributed by atoms with E-state index < -0.39 is 5.97 Å². The Morgan fingerprint density at radius 1 is 1.12 bits per heavy atom. The van der Waals surface area contributed by atoms with E-state index >= 15 is 0 Å². The van der Waals surface area contributed by atoms with Crippen molar-refractivity contribution in [3.05, 3.63) is 83.9 Å². The normalized spacial score (nSPS) is 15.1. The number of benzene rings is 3. The first-order valence-corrected chi connectivity index (χ1v) is 11.2. The smallest absolute Gasteiger partial charge is 0.335 e. The third kappa shape index (κ3) is 3.36. The Morgan fingerprint density at radius 2 is 1.85 bits per heavy atom. The Kier molecular flexibility index (Phi) is 4.65. The molecule has 2 aromatic heterocycles. The van der Waals surface area contributed by atoms with Crippen LogP contribution in [0, 0.1) is 5.82 Å². The molecule has 0 amide bonds. The zero-order chi connectivity index (χ0) is 24.1. The van der Waals surface area contributed by atoms with Gasteiger partial charge in [0.15, 0.2) is 0 Å². The number of carboxylic acids is 1. The van der Waals surface area contributed by atoms with Gasteiger partial charge in [0, 0.05) is 46.8 Å². The maximum Gasteiger partial charge on any atom is 0.335 e. The van der Waals surface area contributed by atoms with Gasteiger partial charge in [-0.25, -0.2) is 9.18 Å². The molecule has 1 aliphatic rings. The first-order valence-electron chi connectivity index (χ1n) is 11.7. The quantitative estimate of drug-likeness (QED) is 0.353. The zero-order valence-electron chi connectivity index (χ0n) is 19.2. The highest BCUT2D eigenvalue weighted by Gasteiger charge is 2.28. The standard InChI is InChI=1S/C27H22FN3O3/c28-20-5-7-21(8-6-20)31-24-13-19-15-29-30-23(19)14-22(24)25(26(31)17-9-11-34-12-10-17)16-1-3-18(4-2-16)27(32)33/h1-8,13-15,17H,9-12H2,(H,29,30)(H,32,33)/i15D. The lowest BCUT2D eigenvalue weighted by Gasteiger charge is -2.26. The minimum absolute atomic E-state index is 0.161. The lowest BCUT2D eigenvalue weighted by molar-refractivity contribution is 0.0697. The van der Waals surface area contributed by atoms with E-state index in [1.807, 2.05) is 24.3 Å². The Bertz CT molecular complexity index is 1570. The van der Waals surface area contributed by atoms with Gasteiger partial charge in [0.25, 0.3) is 0 Å². The number of hydrogen-bond acceptors (Lipinski definition) is 3. The lowest BCUT2D eigenvalue weighted by Crippen LogP contribution is -2.17. The molecule has 6 nitrogen and oxygen atoms in total. The van der Waals surface area contributed by atoms with Crippen LogP contribution in [0.3, 0.4) is 0 Å². The number of fused-ring (bicyclic) bond motifs is 2. The summed E-state index contributed by atoms with van der Waals surface area (Å²) in [6.45, 7) is 1.29. The van der Waals surface area contributed by atoms with Crippen molar-refractivity contribution in [1.82, 2.24) is 14.8 Å². The van der Waals surface area contributed by atoms with Crippen molar-refractivity contribution in [3.63, 3.8) is 0 Å². The molecular formula is C27H22FN3O3. The topological polar surface area (TPSA) is 80.1 Å². The van der Waals surface area contributed by atoms with E-state index in [4.69, 9.17) is 6.11 Å². The third-order valence-corrected chi connectivity index (χ3v) is 6.61. The molecule has 1 aliphatic heterocycles. The minimum atomic E-state index is -0.975. The van der Waals surface area contributed by atoms with Crippen LogP contribution in [-0.4, -0.2) is 39.1 Å². The van der Waals surface area contributed by atoms with Crippen molar-refractivity contribution < 1.29 is 20.4 Å². The summed E-state index contributed by atoms with van der Waals surface area (Å²) in [4.78, 5) is 11.5. The zero-order valence-corrected chi connectivity index (χ0v) is 18.2. The van der Waals surface area contributed by atoms with Gasteiger partial charge in [-0.3, -0.25) is 5.10 Å². The van der Waals surface area contributed by atoms with Crippen LogP contribution in [-0.2, 0) is 4.74 Å². The Labute approximate surface area is 196 Å². The van der Waals surface area contributed by atoms with Crippen LogP contribution in [0.2, 0.25) is 0 Å². The monoisotopic (exact) mass is 456 g/mol. The molecular weight excluding hydrogens is 433 g/mol. The van der Waals surface area contributed by atoms with E-state index in [0.29, 0.717) is 18.6 Å². The summed E-state index contributed by atoms with van der Waals surface area (Å²) in [6.07, 6.45) is 1.83. The first-order chi connectivity index (χ1) is 17.0. The number of rotatable bonds is 4. The number of nitrogens with one attached hydrogen (secondary N) is 1. The third-order valence-electron chi connectivity index (χ3n) is 6.61. The van der Waals surface area contributed by atoms with Crippen LogP contribution < -0.4 is 0 Å². The molecule has 0 spiro atoms. The van der Waals surface area contributed by atoms with Gasteiger partial charge in [-0.1, -0.05) is 12.1 Å². The molecule has 3 aromatic carbocycles. The molecule has 3 heterocycles. The summed E-state index contributed by atoms with van der Waals surface area (Å²) in [6, 6.07) is 17.3. The van der Waals surface area contributed by atoms with E-state index in [-0.39, 0.29) is 23.5 Å². The number of ether oxygens (including phenoxy) is 1. The molecule has 6 rings (SSSR count). The molecule has 5 aromatic rings. The summed E-state index contributed by atoms with van der Waals surface area (Å²) in [5, 5.41) is 18.1. The van der Waals surface area contributed by atoms with Gasteiger partial charge >= 0.3 is 5.97 Å². The van der Waals surface area contributed by atoms with Crippen molar-refractivity contribution in [1.29, 1.82) is 0 Å². The van der Waals surface area contributed by atoms with Crippen LogP contribution in [0.15, 0.2) is 66.8 Å². The van der Waals surface area contributed by atoms with Gasteiger partial charge in [0.1, 0.15) is 5.82 Å². The largest absolute Gasteiger partial charge is 0.478 e. The maximum atomic E-state index is 13.9. The maximum absolute atomic E-state index is 13.9. The van der Waals surface area contributed by atoms with Crippen LogP contribution in [0.4, 0.5) is 4.39 Å². The molecule has 0 unspecified atom stereocenters. The molecule has 1 fully saturated rings. The summed E-state index contributed by atoms with van der Waals surface area (Å²) in [7, 11) is 0. The minimum Gasteiger partial charge on any atom is -0.478 e. The van der Waals surface area contributed by atoms with Gasteiger partial charge in [0.05, 0.1) is 24.1 Å². The first kappa shape index (κ1) is 19.5. The molecule has 2 N–H and O–H groups in total. The highest BCUT2D eigenvalue weighted by molar-refractivity contribution is 6.06. The second-order valence-corrected chi connectivity index (χ2v) is 8.59. The fraction of sp³-hybridized carbons (Fsp3) is 0.185. The summed E-state index contributed by atoms with van der Waals surface area (Å²) < 4.78 is 29.9. The number of H-pyrrole nitrogens is 1. The van der Waals surface area contributed by atoms with E-state index in [0.717, 1.165) is 51.8 Å². The summed E-state index contributed by atoms with van der Waals surface area (Å²) >= 11 is 0. The van der Waals surface area contributed by atoms with Crippen molar-refractivity contribution in [2.75, 3.05) is 13.2 Å². The van der Waals surface area contributed by atoms with Gasteiger partial charge < -0.3 is 14.4 Å². The van der Waals surface area contributed by atoms with Crippen LogP contribution in [0.1, 0.15) is 36.2 Å². The highest BCUT2D eigenvalue weighted by Crippen LogP contribution is 2.44. The lowest BCUT2D eigenvalue weighted by atomic mass is 9.89. The van der Waals surface area contributed by atoms with Gasteiger partial charge in [-0.2, -0.15) is 5.10 Å². The van der Waals surface area contributed by atoms with Gasteiger partial charge in [-0.15, -0.1) is 0 Å². The molecule has 1 saturated heterocycles. The second-order valence-electron chi connectivity index (χ2n) is 8.59. The molecule has 0 aliphatic carbocycles. The SMILES string of the molecule is [2H]c1n[nH]c2cc3c(-c4ccc(C(=O)O)cc4)c(C4CCOCC4)n(-c4ccc(F)cc4)c3cc12. The molecule has 0 bridgehead atoms. The number of carbonyl (C=O) groups is 1. The Morgan fingerprint density at radius 3 is 2.56 bits per heavy atom.